The highest BCUT2D eigenvalue weighted by Crippen LogP contribution is 2.20. The Morgan fingerprint density at radius 3 is 2.55 bits per heavy atom. The van der Waals surface area contributed by atoms with Crippen molar-refractivity contribution in [2.24, 2.45) is 5.92 Å². The summed E-state index contributed by atoms with van der Waals surface area (Å²) in [5, 5.41) is 15.0. The Kier molecular flexibility index (Phi) is 10.0. The van der Waals surface area contributed by atoms with E-state index >= 15 is 0 Å². The van der Waals surface area contributed by atoms with Gasteiger partial charge in [-0.25, -0.2) is 9.67 Å². The van der Waals surface area contributed by atoms with Crippen LogP contribution >= 0.6 is 0 Å². The van der Waals surface area contributed by atoms with Gasteiger partial charge in [0.2, 0.25) is 17.7 Å². The van der Waals surface area contributed by atoms with Crippen LogP contribution in [-0.4, -0.2) is 66.7 Å². The lowest BCUT2D eigenvalue weighted by atomic mass is 9.97. The molecule has 13 nitrogen and oxygen atoms in total. The average molecular weight is 579 g/mol. The van der Waals surface area contributed by atoms with E-state index in [4.69, 9.17) is 0 Å². The molecule has 0 unspecified atom stereocenters. The monoisotopic (exact) mass is 578 g/mol. The van der Waals surface area contributed by atoms with Crippen LogP contribution in [0.2, 0.25) is 0 Å². The van der Waals surface area contributed by atoms with E-state index in [0.717, 1.165) is 11.6 Å². The molecular formula is C29H38N8O5. The van der Waals surface area contributed by atoms with Crippen LogP contribution in [0.5, 0.6) is 0 Å². The minimum atomic E-state index is -0.748. The molecule has 1 aliphatic heterocycles. The quantitative estimate of drug-likeness (QED) is 0.334. The van der Waals surface area contributed by atoms with E-state index in [1.807, 2.05) is 44.2 Å². The SMILES string of the molecule is CC[C@H](C)[C@@H]1NC(=O)CCCN(C(=O)Cc2cc(=O)[nH][nH]c2=O)CCn2nc(C)nc2[C@H](Cc2ccccc2)NC1=O. The minimum Gasteiger partial charge on any atom is -0.344 e. The third-order valence-electron chi connectivity index (χ3n) is 7.53. The summed E-state index contributed by atoms with van der Waals surface area (Å²) in [4.78, 5) is 70.1. The van der Waals surface area contributed by atoms with Gasteiger partial charge in [0.25, 0.3) is 11.1 Å². The number of hydrogen-bond donors (Lipinski definition) is 4. The fourth-order valence-electron chi connectivity index (χ4n) is 5.03. The van der Waals surface area contributed by atoms with Crippen molar-refractivity contribution in [3.8, 4) is 0 Å². The number of carbonyl (C=O) groups excluding carboxylic acids is 3. The fourth-order valence-corrected chi connectivity index (χ4v) is 5.03. The predicted octanol–water partition coefficient (Wildman–Crippen LogP) is 0.759. The van der Waals surface area contributed by atoms with Crippen LogP contribution < -0.4 is 21.8 Å². The molecule has 0 spiro atoms. The van der Waals surface area contributed by atoms with Crippen LogP contribution in [0.1, 0.15) is 61.9 Å². The first-order valence-electron chi connectivity index (χ1n) is 14.3. The van der Waals surface area contributed by atoms with Crippen molar-refractivity contribution in [1.29, 1.82) is 0 Å². The highest BCUT2D eigenvalue weighted by atomic mass is 16.2. The number of nitrogens with zero attached hydrogens (tertiary/aromatic N) is 4. The number of fused-ring (bicyclic) bond motifs is 1. The van der Waals surface area contributed by atoms with E-state index in [-0.39, 0.29) is 61.7 Å². The summed E-state index contributed by atoms with van der Waals surface area (Å²) in [5.41, 5.74) is -0.0188. The lowest BCUT2D eigenvalue weighted by Gasteiger charge is -2.28. The molecule has 4 rings (SSSR count). The zero-order chi connectivity index (χ0) is 30.2. The van der Waals surface area contributed by atoms with Gasteiger partial charge >= 0.3 is 0 Å². The number of rotatable bonds is 6. The van der Waals surface area contributed by atoms with Crippen LogP contribution in [-0.2, 0) is 33.8 Å². The zero-order valence-electron chi connectivity index (χ0n) is 24.2. The molecular weight excluding hydrogens is 540 g/mol. The maximum Gasteiger partial charge on any atom is 0.266 e. The molecule has 1 aliphatic rings. The molecule has 0 aliphatic carbocycles. The largest absolute Gasteiger partial charge is 0.344 e. The van der Waals surface area contributed by atoms with Gasteiger partial charge in [0, 0.05) is 31.1 Å². The summed E-state index contributed by atoms with van der Waals surface area (Å²) < 4.78 is 1.70. The van der Waals surface area contributed by atoms with Crippen molar-refractivity contribution in [3.63, 3.8) is 0 Å². The normalized spacial score (nSPS) is 19.3. The van der Waals surface area contributed by atoms with Gasteiger partial charge in [-0.2, -0.15) is 5.10 Å². The van der Waals surface area contributed by atoms with Gasteiger partial charge in [-0.3, -0.25) is 34.2 Å². The van der Waals surface area contributed by atoms with Gasteiger partial charge in [-0.05, 0) is 31.2 Å². The van der Waals surface area contributed by atoms with E-state index in [0.29, 0.717) is 30.9 Å². The second kappa shape index (κ2) is 13.9. The molecule has 224 valence electrons. The van der Waals surface area contributed by atoms with Gasteiger partial charge < -0.3 is 15.5 Å². The molecule has 3 atom stereocenters. The molecule has 13 heteroatoms. The van der Waals surface area contributed by atoms with Crippen molar-refractivity contribution in [2.45, 2.75) is 71.5 Å². The Morgan fingerprint density at radius 1 is 1.05 bits per heavy atom. The Hall–Kier alpha value is -4.55. The Labute approximate surface area is 243 Å². The van der Waals surface area contributed by atoms with Crippen LogP contribution in [0.4, 0.5) is 0 Å². The number of carbonyl (C=O) groups is 3. The van der Waals surface area contributed by atoms with Crippen molar-refractivity contribution >= 4 is 17.7 Å². The Bertz CT molecular complexity index is 1510. The van der Waals surface area contributed by atoms with Gasteiger partial charge in [-0.15, -0.1) is 0 Å². The summed E-state index contributed by atoms with van der Waals surface area (Å²) in [7, 11) is 0. The molecule has 0 radical (unpaired) electrons. The van der Waals surface area contributed by atoms with E-state index in [1.165, 1.54) is 0 Å². The van der Waals surface area contributed by atoms with Crippen molar-refractivity contribution in [2.75, 3.05) is 13.1 Å². The smallest absolute Gasteiger partial charge is 0.266 e. The average Bonchev–Trinajstić information content (AvgIpc) is 3.34. The maximum absolute atomic E-state index is 13.6. The summed E-state index contributed by atoms with van der Waals surface area (Å²) in [6.07, 6.45) is 1.31. The summed E-state index contributed by atoms with van der Waals surface area (Å²) in [6.45, 7) is 6.38. The van der Waals surface area contributed by atoms with Crippen molar-refractivity contribution in [3.05, 3.63) is 79.9 Å². The first-order chi connectivity index (χ1) is 20.1. The van der Waals surface area contributed by atoms with Crippen LogP contribution in [0.15, 0.2) is 46.0 Å². The maximum atomic E-state index is 13.6. The molecule has 0 fully saturated rings. The lowest BCUT2D eigenvalue weighted by molar-refractivity contribution is -0.132. The third-order valence-corrected chi connectivity index (χ3v) is 7.53. The van der Waals surface area contributed by atoms with Crippen LogP contribution in [0, 0.1) is 12.8 Å². The molecule has 0 saturated heterocycles. The predicted molar refractivity (Wildman–Crippen MR) is 154 cm³/mol. The van der Waals surface area contributed by atoms with E-state index in [9.17, 15) is 24.0 Å². The second-order valence-electron chi connectivity index (χ2n) is 10.7. The zero-order valence-corrected chi connectivity index (χ0v) is 24.2. The van der Waals surface area contributed by atoms with Gasteiger partial charge in [0.05, 0.1) is 19.0 Å². The lowest BCUT2D eigenvalue weighted by Crippen LogP contribution is -2.51. The number of benzene rings is 1. The first kappa shape index (κ1) is 30.4. The van der Waals surface area contributed by atoms with E-state index in [2.05, 4.69) is 30.9 Å². The van der Waals surface area contributed by atoms with Gasteiger partial charge in [0.15, 0.2) is 0 Å². The standard InChI is InChI=1S/C29H38N8O5/c1-4-18(2)26-29(42)31-22(15-20-9-6-5-7-10-20)27-30-19(3)35-37(27)14-13-36(12-8-11-23(38)32-26)25(40)17-21-16-24(39)33-34-28(21)41/h5-7,9-10,16,18,22,26H,4,8,11-15,17H2,1-3H3,(H,31,42)(H,32,38)(H,33,39)(H,34,41)/t18-,22-,26-/m0/s1. The Morgan fingerprint density at radius 2 is 1.81 bits per heavy atom. The summed E-state index contributed by atoms with van der Waals surface area (Å²) in [6, 6.07) is 9.51. The van der Waals surface area contributed by atoms with Gasteiger partial charge in [-0.1, -0.05) is 50.6 Å². The molecule has 4 N–H and O–H groups in total. The molecule has 1 aromatic carbocycles. The number of H-pyrrole nitrogens is 2. The summed E-state index contributed by atoms with van der Waals surface area (Å²) >= 11 is 0. The van der Waals surface area contributed by atoms with Crippen molar-refractivity contribution < 1.29 is 14.4 Å². The molecule has 2 aromatic heterocycles. The highest BCUT2D eigenvalue weighted by Gasteiger charge is 2.31. The van der Waals surface area contributed by atoms with Gasteiger partial charge in [0.1, 0.15) is 17.7 Å². The van der Waals surface area contributed by atoms with E-state index in [1.54, 1.807) is 16.5 Å². The van der Waals surface area contributed by atoms with Crippen molar-refractivity contribution in [1.82, 2.24) is 40.5 Å². The number of nitrogens with one attached hydrogen (secondary N) is 4. The third kappa shape index (κ3) is 7.80. The molecule has 42 heavy (non-hydrogen) atoms. The number of aromatic amines is 2. The Balaban J connectivity index is 1.68. The number of amides is 3. The topological polar surface area (TPSA) is 175 Å². The highest BCUT2D eigenvalue weighted by molar-refractivity contribution is 5.88. The molecule has 0 bridgehead atoms. The van der Waals surface area contributed by atoms with Crippen LogP contribution in [0.25, 0.3) is 0 Å². The second-order valence-corrected chi connectivity index (χ2v) is 10.7. The minimum absolute atomic E-state index is 0.0558. The molecule has 0 saturated carbocycles. The molecule has 3 heterocycles. The first-order valence-corrected chi connectivity index (χ1v) is 14.3. The number of aryl methyl sites for hydroxylation is 1. The molecule has 3 amide bonds. The van der Waals surface area contributed by atoms with E-state index < -0.39 is 23.2 Å². The number of hydrogen-bond acceptors (Lipinski definition) is 7. The molecule has 3 aromatic rings. The fraction of sp³-hybridized carbons (Fsp3) is 0.483. The summed E-state index contributed by atoms with van der Waals surface area (Å²) in [5.74, 6) is -0.00396. The van der Waals surface area contributed by atoms with Crippen LogP contribution in [0.3, 0.4) is 0 Å². The number of aromatic nitrogens is 5.